The van der Waals surface area contributed by atoms with Crippen molar-refractivity contribution in [3.05, 3.63) is 82.9 Å². The third-order valence-electron chi connectivity index (χ3n) is 5.91. The maximum atomic E-state index is 12.4. The van der Waals surface area contributed by atoms with Gasteiger partial charge in [-0.2, -0.15) is 0 Å². The second-order valence-electron chi connectivity index (χ2n) is 8.05. The van der Waals surface area contributed by atoms with Gasteiger partial charge in [0.1, 0.15) is 30.5 Å². The lowest BCUT2D eigenvalue weighted by atomic mass is 9.90. The highest BCUT2D eigenvalue weighted by Gasteiger charge is 2.43. The predicted octanol–water partition coefficient (Wildman–Crippen LogP) is 2.10. The van der Waals surface area contributed by atoms with Crippen LogP contribution >= 0.6 is 0 Å². The van der Waals surface area contributed by atoms with E-state index in [9.17, 15) is 25.2 Å². The van der Waals surface area contributed by atoms with Gasteiger partial charge >= 0.3 is 0 Å². The summed E-state index contributed by atoms with van der Waals surface area (Å²) < 4.78 is 5.68. The van der Waals surface area contributed by atoms with Gasteiger partial charge in [-0.25, -0.2) is 0 Å². The number of rotatable bonds is 5. The average Bonchev–Trinajstić information content (AvgIpc) is 2.93. The molecule has 0 bridgehead atoms. The number of aliphatic hydroxyl groups is 4. The molecule has 1 aromatic carbocycles. The highest BCUT2D eigenvalue weighted by Crippen LogP contribution is 2.35. The normalized spacial score (nSPS) is 26.2. The molecule has 6 heteroatoms. The zero-order valence-electron chi connectivity index (χ0n) is 17.2. The fraction of sp³-hybridized carbons (Fsp3) is 0.320. The first kappa shape index (κ1) is 21.6. The van der Waals surface area contributed by atoms with Crippen LogP contribution in [0.15, 0.2) is 60.7 Å². The Kier molecular flexibility index (Phi) is 6.18. The lowest BCUT2D eigenvalue weighted by molar-refractivity contribution is -0.231. The Bertz CT molecular complexity index is 1050. The first-order chi connectivity index (χ1) is 14.9. The summed E-state index contributed by atoms with van der Waals surface area (Å²) in [5.41, 5.74) is 5.06. The van der Waals surface area contributed by atoms with E-state index in [2.05, 4.69) is 0 Å². The zero-order valence-corrected chi connectivity index (χ0v) is 17.2. The molecule has 0 amide bonds. The van der Waals surface area contributed by atoms with Crippen LogP contribution in [0.4, 0.5) is 0 Å². The zero-order chi connectivity index (χ0) is 22.1. The smallest absolute Gasteiger partial charge is 0.160 e. The van der Waals surface area contributed by atoms with Crippen LogP contribution in [0.1, 0.15) is 40.1 Å². The van der Waals surface area contributed by atoms with Gasteiger partial charge in [0.2, 0.25) is 0 Å². The monoisotopic (exact) mass is 422 g/mol. The lowest BCUT2D eigenvalue weighted by Crippen LogP contribution is -2.55. The van der Waals surface area contributed by atoms with E-state index >= 15 is 0 Å². The Morgan fingerprint density at radius 3 is 2.45 bits per heavy atom. The van der Waals surface area contributed by atoms with E-state index in [1.165, 1.54) is 0 Å². The molecule has 1 saturated heterocycles. The van der Waals surface area contributed by atoms with Crippen LogP contribution in [-0.2, 0) is 11.2 Å². The second kappa shape index (κ2) is 8.86. The molecule has 4 N–H and O–H groups in total. The number of hydrogen-bond acceptors (Lipinski definition) is 6. The van der Waals surface area contributed by atoms with Crippen LogP contribution in [0.3, 0.4) is 0 Å². The molecule has 162 valence electrons. The van der Waals surface area contributed by atoms with E-state index in [0.29, 0.717) is 17.5 Å². The van der Waals surface area contributed by atoms with Crippen LogP contribution in [-0.4, -0.2) is 57.2 Å². The second-order valence-corrected chi connectivity index (χ2v) is 8.05. The molecule has 31 heavy (non-hydrogen) atoms. The van der Waals surface area contributed by atoms with Crippen molar-refractivity contribution in [1.29, 1.82) is 0 Å². The maximum absolute atomic E-state index is 12.4. The number of benzene rings is 1. The van der Waals surface area contributed by atoms with Crippen LogP contribution in [0.25, 0.3) is 11.1 Å². The number of aliphatic hydroxyl groups excluding tert-OH is 4. The van der Waals surface area contributed by atoms with Gasteiger partial charge < -0.3 is 25.2 Å². The van der Waals surface area contributed by atoms with E-state index in [1.54, 1.807) is 13.0 Å². The van der Waals surface area contributed by atoms with Gasteiger partial charge in [-0.05, 0) is 41.2 Å². The van der Waals surface area contributed by atoms with Crippen molar-refractivity contribution in [2.75, 3.05) is 6.61 Å². The summed E-state index contributed by atoms with van der Waals surface area (Å²) in [6.07, 6.45) is -5.49. The fourth-order valence-electron chi connectivity index (χ4n) is 4.38. The highest BCUT2D eigenvalue weighted by atomic mass is 16.5. The van der Waals surface area contributed by atoms with Crippen molar-refractivity contribution in [1.82, 2.24) is 0 Å². The molecule has 2 aliphatic carbocycles. The average molecular weight is 422 g/mol. The van der Waals surface area contributed by atoms with Crippen molar-refractivity contribution in [3.8, 4) is 11.1 Å². The number of carbonyl (C=O) groups excluding carboxylic acids is 1. The third-order valence-corrected chi connectivity index (χ3v) is 5.91. The number of Topliss-reactive ketones (excluding diaryl/α,β-unsaturated/α-hetero) is 1. The summed E-state index contributed by atoms with van der Waals surface area (Å²) in [5.74, 6) is 0.00119. The number of fused-ring (bicyclic) bond motifs is 1. The lowest BCUT2D eigenvalue weighted by Gasteiger charge is -2.40. The molecular weight excluding hydrogens is 396 g/mol. The minimum atomic E-state index is -1.43. The third kappa shape index (κ3) is 4.13. The molecule has 0 spiro atoms. The number of hydrogen-bond donors (Lipinski definition) is 4. The van der Waals surface area contributed by atoms with Crippen molar-refractivity contribution in [2.24, 2.45) is 0 Å². The molecule has 6 nitrogen and oxygen atoms in total. The Morgan fingerprint density at radius 1 is 0.935 bits per heavy atom. The van der Waals surface area contributed by atoms with Crippen LogP contribution in [0.5, 0.6) is 0 Å². The van der Waals surface area contributed by atoms with E-state index in [1.807, 2.05) is 54.6 Å². The van der Waals surface area contributed by atoms with E-state index in [4.69, 9.17) is 4.74 Å². The summed E-state index contributed by atoms with van der Waals surface area (Å²) >= 11 is 0. The largest absolute Gasteiger partial charge is 0.394 e. The van der Waals surface area contributed by atoms with Crippen molar-refractivity contribution in [2.45, 2.75) is 43.9 Å². The topological polar surface area (TPSA) is 107 Å². The van der Waals surface area contributed by atoms with E-state index in [-0.39, 0.29) is 5.78 Å². The molecule has 3 aliphatic rings. The molecule has 1 heterocycles. The molecule has 1 aromatic rings. The fourth-order valence-corrected chi connectivity index (χ4v) is 4.38. The first-order valence-corrected chi connectivity index (χ1v) is 10.3. The number of carbonyl (C=O) groups is 1. The molecule has 0 aromatic heterocycles. The molecule has 5 atom stereocenters. The van der Waals surface area contributed by atoms with Crippen LogP contribution in [0.2, 0.25) is 0 Å². The Hall–Kier alpha value is -2.61. The summed E-state index contributed by atoms with van der Waals surface area (Å²) in [6.45, 7) is 1.09. The SMILES string of the molecule is CC(=O)c1c(Cc2cccc([C@@H]3O[C@H](CO)[C@@H](O)[C@H](O)[C@H]3O)c2)cc2cccccc1-2. The predicted molar refractivity (Wildman–Crippen MR) is 115 cm³/mol. The van der Waals surface area contributed by atoms with Gasteiger partial charge in [-0.15, -0.1) is 0 Å². The maximum Gasteiger partial charge on any atom is 0.160 e. The van der Waals surface area contributed by atoms with Crippen molar-refractivity contribution < 1.29 is 30.0 Å². The van der Waals surface area contributed by atoms with Gasteiger partial charge in [0.05, 0.1) is 6.61 Å². The van der Waals surface area contributed by atoms with Crippen LogP contribution in [0, 0.1) is 0 Å². The standard InChI is InChI=1S/C25H26O6/c1-14(27)21-18(12-16-7-3-2-4-9-19(16)21)11-15-6-5-8-17(10-15)25-24(30)23(29)22(28)20(13-26)31-25/h2-10,12,20,22-26,28-30H,11,13H2,1H3/t20-,22-,23+,24-,25+/m1/s1. The summed E-state index contributed by atoms with van der Waals surface area (Å²) in [6, 6.07) is 19.1. The molecular formula is C25H26O6. The minimum Gasteiger partial charge on any atom is -0.394 e. The van der Waals surface area contributed by atoms with Gasteiger partial charge in [-0.1, -0.05) is 60.7 Å². The Balaban J connectivity index is 1.67. The molecule has 1 aliphatic heterocycles. The molecule has 4 rings (SSSR count). The summed E-state index contributed by atoms with van der Waals surface area (Å²) in [4.78, 5) is 12.4. The van der Waals surface area contributed by atoms with Gasteiger partial charge in [0.15, 0.2) is 5.78 Å². The minimum absolute atomic E-state index is 0.00119. The summed E-state index contributed by atoms with van der Waals surface area (Å²) in [5, 5.41) is 40.0. The quantitative estimate of drug-likeness (QED) is 0.469. The highest BCUT2D eigenvalue weighted by molar-refractivity contribution is 6.04. The Labute approximate surface area is 180 Å². The van der Waals surface area contributed by atoms with Crippen molar-refractivity contribution in [3.63, 3.8) is 0 Å². The van der Waals surface area contributed by atoms with Gasteiger partial charge in [0, 0.05) is 5.56 Å². The van der Waals surface area contributed by atoms with E-state index < -0.39 is 37.1 Å². The number of ketones is 1. The van der Waals surface area contributed by atoms with Crippen molar-refractivity contribution >= 4 is 5.78 Å². The molecule has 0 saturated carbocycles. The van der Waals surface area contributed by atoms with E-state index in [0.717, 1.165) is 22.3 Å². The molecule has 0 radical (unpaired) electrons. The molecule has 0 unspecified atom stereocenters. The van der Waals surface area contributed by atoms with Gasteiger partial charge in [0.25, 0.3) is 0 Å². The molecule has 1 fully saturated rings. The number of ether oxygens (including phenoxy) is 1. The van der Waals surface area contributed by atoms with Crippen LogP contribution < -0.4 is 0 Å². The Morgan fingerprint density at radius 2 is 1.71 bits per heavy atom. The van der Waals surface area contributed by atoms with Gasteiger partial charge in [-0.3, -0.25) is 4.79 Å². The first-order valence-electron chi connectivity index (χ1n) is 10.3. The summed E-state index contributed by atoms with van der Waals surface area (Å²) in [7, 11) is 0.